The number of hydrogen-bond acceptors (Lipinski definition) is 4. The van der Waals surface area contributed by atoms with Crippen LogP contribution >= 0.6 is 11.3 Å². The Bertz CT molecular complexity index is 256. The predicted molar refractivity (Wildman–Crippen MR) is 55.3 cm³/mol. The van der Waals surface area contributed by atoms with E-state index in [4.69, 9.17) is 9.84 Å². The van der Waals surface area contributed by atoms with Crippen molar-refractivity contribution in [2.75, 3.05) is 13.2 Å². The number of unbranched alkanes of at least 4 members (excludes halogenated alkanes) is 1. The molecule has 3 nitrogen and oxygen atoms in total. The van der Waals surface area contributed by atoms with Crippen molar-refractivity contribution in [3.8, 4) is 0 Å². The van der Waals surface area contributed by atoms with Gasteiger partial charge in [-0.3, -0.25) is 4.79 Å². The van der Waals surface area contributed by atoms with Gasteiger partial charge in [-0.2, -0.15) is 0 Å². The fourth-order valence-corrected chi connectivity index (χ4v) is 1.70. The SMILES string of the molecule is O=C(Cc1cccs1)OCCCCO. The lowest BCUT2D eigenvalue weighted by atomic mass is 10.3. The molecule has 0 bridgehead atoms. The number of carbonyl (C=O) groups excluding carboxylic acids is 1. The molecule has 0 aliphatic carbocycles. The van der Waals surface area contributed by atoms with Crippen molar-refractivity contribution in [2.24, 2.45) is 0 Å². The molecule has 0 aromatic carbocycles. The highest BCUT2D eigenvalue weighted by Crippen LogP contribution is 2.09. The first-order valence-corrected chi connectivity index (χ1v) is 5.50. The Balaban J connectivity index is 2.11. The van der Waals surface area contributed by atoms with Gasteiger partial charge in [-0.05, 0) is 24.3 Å². The molecule has 14 heavy (non-hydrogen) atoms. The molecule has 0 atom stereocenters. The van der Waals surface area contributed by atoms with E-state index in [1.54, 1.807) is 11.3 Å². The molecule has 0 radical (unpaired) electrons. The fraction of sp³-hybridized carbons (Fsp3) is 0.500. The number of esters is 1. The van der Waals surface area contributed by atoms with Crippen molar-refractivity contribution in [1.82, 2.24) is 0 Å². The maximum atomic E-state index is 11.2. The average molecular weight is 214 g/mol. The second kappa shape index (κ2) is 6.56. The third-order valence-corrected chi connectivity index (χ3v) is 2.59. The largest absolute Gasteiger partial charge is 0.465 e. The van der Waals surface area contributed by atoms with E-state index in [-0.39, 0.29) is 12.6 Å². The van der Waals surface area contributed by atoms with Gasteiger partial charge in [-0.25, -0.2) is 0 Å². The summed E-state index contributed by atoms with van der Waals surface area (Å²) in [5.41, 5.74) is 0. The minimum Gasteiger partial charge on any atom is -0.465 e. The molecular formula is C10H14O3S. The number of ether oxygens (including phenoxy) is 1. The van der Waals surface area contributed by atoms with E-state index >= 15 is 0 Å². The Kier molecular flexibility index (Phi) is 5.25. The summed E-state index contributed by atoms with van der Waals surface area (Å²) >= 11 is 1.55. The van der Waals surface area contributed by atoms with Crippen LogP contribution in [0.3, 0.4) is 0 Å². The van der Waals surface area contributed by atoms with Gasteiger partial charge in [0.05, 0.1) is 13.0 Å². The van der Waals surface area contributed by atoms with Crippen LogP contribution in [0.25, 0.3) is 0 Å². The lowest BCUT2D eigenvalue weighted by Gasteiger charge is -2.02. The molecule has 0 aliphatic rings. The lowest BCUT2D eigenvalue weighted by molar-refractivity contribution is -0.142. The smallest absolute Gasteiger partial charge is 0.311 e. The van der Waals surface area contributed by atoms with Crippen LogP contribution in [0, 0.1) is 0 Å². The van der Waals surface area contributed by atoms with E-state index in [0.717, 1.165) is 11.3 Å². The normalized spacial score (nSPS) is 10.1. The molecule has 1 aromatic rings. The first-order valence-electron chi connectivity index (χ1n) is 4.62. The topological polar surface area (TPSA) is 46.5 Å². The number of aliphatic hydroxyl groups excluding tert-OH is 1. The lowest BCUT2D eigenvalue weighted by Crippen LogP contribution is -2.08. The molecule has 0 spiro atoms. The van der Waals surface area contributed by atoms with Gasteiger partial charge in [0, 0.05) is 11.5 Å². The van der Waals surface area contributed by atoms with Crippen LogP contribution in [0.5, 0.6) is 0 Å². The highest BCUT2D eigenvalue weighted by atomic mass is 32.1. The molecule has 0 saturated heterocycles. The second-order valence-corrected chi connectivity index (χ2v) is 3.94. The molecule has 0 amide bonds. The van der Waals surface area contributed by atoms with Gasteiger partial charge in [0.1, 0.15) is 0 Å². The fourth-order valence-electron chi connectivity index (χ4n) is 1.01. The third kappa shape index (κ3) is 4.39. The molecule has 0 unspecified atom stereocenters. The molecule has 0 saturated carbocycles. The summed E-state index contributed by atoms with van der Waals surface area (Å²) in [6.07, 6.45) is 1.77. The van der Waals surface area contributed by atoms with Crippen LogP contribution in [-0.4, -0.2) is 24.3 Å². The van der Waals surface area contributed by atoms with Crippen molar-refractivity contribution in [3.63, 3.8) is 0 Å². The van der Waals surface area contributed by atoms with Crippen molar-refractivity contribution in [2.45, 2.75) is 19.3 Å². The first-order chi connectivity index (χ1) is 6.83. The quantitative estimate of drug-likeness (QED) is 0.578. The van der Waals surface area contributed by atoms with Crippen LogP contribution in [0.15, 0.2) is 17.5 Å². The molecular weight excluding hydrogens is 200 g/mol. The monoisotopic (exact) mass is 214 g/mol. The van der Waals surface area contributed by atoms with E-state index in [9.17, 15) is 4.79 Å². The third-order valence-electron chi connectivity index (χ3n) is 1.71. The van der Waals surface area contributed by atoms with Gasteiger partial charge in [-0.1, -0.05) is 6.07 Å². The zero-order valence-electron chi connectivity index (χ0n) is 7.94. The summed E-state index contributed by atoms with van der Waals surface area (Å²) in [6.45, 7) is 0.563. The number of aliphatic hydroxyl groups is 1. The van der Waals surface area contributed by atoms with Gasteiger partial charge in [0.25, 0.3) is 0 Å². The molecule has 1 heterocycles. The summed E-state index contributed by atoms with van der Waals surface area (Å²) in [4.78, 5) is 12.2. The summed E-state index contributed by atoms with van der Waals surface area (Å²) in [5.74, 6) is -0.189. The van der Waals surface area contributed by atoms with E-state index in [2.05, 4.69) is 0 Å². The maximum Gasteiger partial charge on any atom is 0.311 e. The second-order valence-electron chi connectivity index (χ2n) is 2.91. The summed E-state index contributed by atoms with van der Waals surface area (Å²) < 4.78 is 4.97. The van der Waals surface area contributed by atoms with E-state index in [1.807, 2.05) is 17.5 Å². The van der Waals surface area contributed by atoms with Crippen molar-refractivity contribution >= 4 is 17.3 Å². The minimum atomic E-state index is -0.189. The Morgan fingerprint density at radius 2 is 2.36 bits per heavy atom. The van der Waals surface area contributed by atoms with Crippen molar-refractivity contribution in [3.05, 3.63) is 22.4 Å². The minimum absolute atomic E-state index is 0.155. The Morgan fingerprint density at radius 1 is 1.50 bits per heavy atom. The summed E-state index contributed by atoms with van der Waals surface area (Å²) in [7, 11) is 0. The maximum absolute atomic E-state index is 11.2. The molecule has 1 N–H and O–H groups in total. The summed E-state index contributed by atoms with van der Waals surface area (Å²) in [6, 6.07) is 3.83. The molecule has 1 aromatic heterocycles. The number of hydrogen-bond donors (Lipinski definition) is 1. The van der Waals surface area contributed by atoms with Gasteiger partial charge in [0.15, 0.2) is 0 Å². The van der Waals surface area contributed by atoms with Crippen LogP contribution < -0.4 is 0 Å². The number of rotatable bonds is 6. The van der Waals surface area contributed by atoms with Gasteiger partial charge < -0.3 is 9.84 Å². The molecule has 78 valence electrons. The van der Waals surface area contributed by atoms with Crippen LogP contribution in [-0.2, 0) is 16.0 Å². The zero-order valence-corrected chi connectivity index (χ0v) is 8.76. The molecule has 1 rings (SSSR count). The van der Waals surface area contributed by atoms with E-state index in [1.165, 1.54) is 0 Å². The van der Waals surface area contributed by atoms with Crippen LogP contribution in [0.4, 0.5) is 0 Å². The zero-order chi connectivity index (χ0) is 10.2. The highest BCUT2D eigenvalue weighted by molar-refractivity contribution is 7.10. The van der Waals surface area contributed by atoms with Gasteiger partial charge in [-0.15, -0.1) is 11.3 Å². The Morgan fingerprint density at radius 3 is 3.00 bits per heavy atom. The highest BCUT2D eigenvalue weighted by Gasteiger charge is 2.04. The van der Waals surface area contributed by atoms with E-state index in [0.29, 0.717) is 19.4 Å². The average Bonchev–Trinajstić information content (AvgIpc) is 2.65. The van der Waals surface area contributed by atoms with Crippen LogP contribution in [0.1, 0.15) is 17.7 Å². The van der Waals surface area contributed by atoms with Crippen molar-refractivity contribution < 1.29 is 14.6 Å². The Labute approximate surface area is 87.3 Å². The Hall–Kier alpha value is -0.870. The molecule has 4 heteroatoms. The summed E-state index contributed by atoms with van der Waals surface area (Å²) in [5, 5.41) is 10.4. The standard InChI is InChI=1S/C10H14O3S/c11-5-1-2-6-13-10(12)8-9-4-3-7-14-9/h3-4,7,11H,1-2,5-6,8H2. The molecule has 0 fully saturated rings. The predicted octanol–water partition coefficient (Wildman–Crippen LogP) is 1.61. The first kappa shape index (κ1) is 11.2. The van der Waals surface area contributed by atoms with Crippen LogP contribution in [0.2, 0.25) is 0 Å². The van der Waals surface area contributed by atoms with E-state index < -0.39 is 0 Å². The van der Waals surface area contributed by atoms with Gasteiger partial charge >= 0.3 is 5.97 Å². The molecule has 0 aliphatic heterocycles. The van der Waals surface area contributed by atoms with Gasteiger partial charge in [0.2, 0.25) is 0 Å². The van der Waals surface area contributed by atoms with Crippen molar-refractivity contribution in [1.29, 1.82) is 0 Å². The number of carbonyl (C=O) groups is 1. The number of thiophene rings is 1.